The monoisotopic (exact) mass is 537 g/mol. The zero-order valence-corrected chi connectivity index (χ0v) is 24.6. The van der Waals surface area contributed by atoms with Crippen LogP contribution in [0.25, 0.3) is 0 Å². The number of aldehydes is 1. The number of ether oxygens (including phenoxy) is 2. The summed E-state index contributed by atoms with van der Waals surface area (Å²) in [5.41, 5.74) is 4.41. The maximum absolute atomic E-state index is 11.4. The normalized spacial score (nSPS) is 14.9. The fourth-order valence-electron chi connectivity index (χ4n) is 2.26. The van der Waals surface area contributed by atoms with Gasteiger partial charge in [0.05, 0.1) is 25.0 Å². The summed E-state index contributed by atoms with van der Waals surface area (Å²) < 4.78 is 10.2. The van der Waals surface area contributed by atoms with Crippen LogP contribution in [0.5, 0.6) is 0 Å². The van der Waals surface area contributed by atoms with Gasteiger partial charge in [-0.1, -0.05) is 26.0 Å². The minimum atomic E-state index is -0.519. The molecule has 9 heteroatoms. The predicted molar refractivity (Wildman–Crippen MR) is 148 cm³/mol. The number of carbonyl (C=O) groups is 3. The molecule has 0 radical (unpaired) electrons. The molecule has 0 bridgehead atoms. The Morgan fingerprint density at radius 3 is 1.47 bits per heavy atom. The maximum atomic E-state index is 11.4. The molecule has 214 valence electrons. The van der Waals surface area contributed by atoms with Gasteiger partial charge in [0, 0.05) is 12.0 Å². The van der Waals surface area contributed by atoms with Crippen molar-refractivity contribution in [2.45, 2.75) is 117 Å². The number of carbonyl (C=O) groups excluding carboxylic acids is 3. The van der Waals surface area contributed by atoms with E-state index in [4.69, 9.17) is 20.3 Å². The number of esters is 2. The van der Waals surface area contributed by atoms with Gasteiger partial charge in [0.25, 0.3) is 0 Å². The van der Waals surface area contributed by atoms with E-state index < -0.39 is 23.4 Å². The summed E-state index contributed by atoms with van der Waals surface area (Å²) >= 11 is 0. The van der Waals surface area contributed by atoms with Gasteiger partial charge in [0.1, 0.15) is 17.5 Å². The summed E-state index contributed by atoms with van der Waals surface area (Å²) in [4.78, 5) is 32.7. The van der Waals surface area contributed by atoms with E-state index in [1.807, 2.05) is 27.7 Å². The highest BCUT2D eigenvalue weighted by molar-refractivity contribution is 5.85. The number of rotatable bonds is 11. The Labute approximate surface area is 225 Å². The van der Waals surface area contributed by atoms with E-state index in [-0.39, 0.29) is 55.1 Å². The zero-order chi connectivity index (χ0) is 28.4. The van der Waals surface area contributed by atoms with Crippen molar-refractivity contribution in [3.8, 4) is 0 Å². The van der Waals surface area contributed by atoms with Gasteiger partial charge < -0.3 is 30.2 Å². The zero-order valence-electron chi connectivity index (χ0n) is 23.8. The fraction of sp³-hybridized carbons (Fsp3) is 0.741. The number of nitrogens with two attached hydrogens (primary N) is 1. The molecule has 0 aromatic heterocycles. The minimum Gasteiger partial charge on any atom is -0.460 e. The summed E-state index contributed by atoms with van der Waals surface area (Å²) in [5, 5.41) is 18.5. The summed E-state index contributed by atoms with van der Waals surface area (Å²) in [6.45, 7) is 23.2. The third kappa shape index (κ3) is 30.3. The second-order valence-corrected chi connectivity index (χ2v) is 10.7. The van der Waals surface area contributed by atoms with Crippen molar-refractivity contribution < 1.29 is 34.1 Å². The smallest absolute Gasteiger partial charge is 0.307 e. The Morgan fingerprint density at radius 2 is 1.19 bits per heavy atom. The SMILES string of the molecule is C=CCC(O)[C@H](C)CC(=O)OC(C)(C)C.C=CCC(O)[C@H](C)N.C[C@@H](C=O)CC(=O)OC(C)(C)C.Cl. The van der Waals surface area contributed by atoms with Crippen LogP contribution in [0.2, 0.25) is 0 Å². The van der Waals surface area contributed by atoms with Crippen LogP contribution in [0, 0.1) is 11.8 Å². The van der Waals surface area contributed by atoms with Crippen LogP contribution < -0.4 is 5.73 Å². The van der Waals surface area contributed by atoms with Crippen molar-refractivity contribution in [1.29, 1.82) is 0 Å². The van der Waals surface area contributed by atoms with Gasteiger partial charge in [-0.05, 0) is 67.2 Å². The predicted octanol–water partition coefficient (Wildman–Crippen LogP) is 4.54. The fourth-order valence-corrected chi connectivity index (χ4v) is 2.26. The lowest BCUT2D eigenvalue weighted by molar-refractivity contribution is -0.157. The molecular formula is C27H52ClNO7. The maximum Gasteiger partial charge on any atom is 0.307 e. The molecule has 8 nitrogen and oxygen atoms in total. The quantitative estimate of drug-likeness (QED) is 0.198. The van der Waals surface area contributed by atoms with Crippen LogP contribution >= 0.6 is 12.4 Å². The first-order chi connectivity index (χ1) is 15.8. The molecule has 5 atom stereocenters. The minimum absolute atomic E-state index is 0. The first-order valence-electron chi connectivity index (χ1n) is 12.0. The molecule has 0 aromatic carbocycles. The molecule has 0 aromatic rings. The van der Waals surface area contributed by atoms with Crippen molar-refractivity contribution in [3.05, 3.63) is 25.3 Å². The van der Waals surface area contributed by atoms with Crippen LogP contribution in [0.1, 0.15) is 88.0 Å². The van der Waals surface area contributed by atoms with Gasteiger partial charge in [-0.15, -0.1) is 25.6 Å². The van der Waals surface area contributed by atoms with Crippen LogP contribution in [0.15, 0.2) is 25.3 Å². The van der Waals surface area contributed by atoms with Gasteiger partial charge in [0.15, 0.2) is 0 Å². The van der Waals surface area contributed by atoms with Gasteiger partial charge in [-0.3, -0.25) is 9.59 Å². The largest absolute Gasteiger partial charge is 0.460 e. The first kappa shape index (κ1) is 41.4. The molecule has 0 amide bonds. The lowest BCUT2D eigenvalue weighted by Crippen LogP contribution is -2.30. The van der Waals surface area contributed by atoms with Gasteiger partial charge in [-0.25, -0.2) is 0 Å². The Bertz CT molecular complexity index is 625. The van der Waals surface area contributed by atoms with Crippen LogP contribution in [0.3, 0.4) is 0 Å². The van der Waals surface area contributed by atoms with Crippen LogP contribution in [0.4, 0.5) is 0 Å². The number of halogens is 1. The molecule has 0 spiro atoms. The highest BCUT2D eigenvalue weighted by atomic mass is 35.5. The van der Waals surface area contributed by atoms with Gasteiger partial charge >= 0.3 is 11.9 Å². The average molecular weight is 538 g/mol. The first-order valence-corrected chi connectivity index (χ1v) is 12.0. The summed E-state index contributed by atoms with van der Waals surface area (Å²) in [7, 11) is 0. The standard InChI is InChI=1S/C12H22O3.C9H16O3.C6H13NO.ClH/c1-6-7-10(13)9(2)8-11(14)15-12(3,4)5;1-7(6-10)5-8(11)12-9(2,3)4;1-3-4-6(8)5(2)7;/h6,9-10,13H,1,7-8H2,2-5H3;6-7H,5H2,1-4H3;3,5-6,8H,1,4,7H2,2H3;1H/t9-,10?;7-;5-,6?;/m110./s1. The third-order valence-electron chi connectivity index (χ3n) is 4.13. The molecule has 0 rings (SSSR count). The number of aliphatic hydroxyl groups is 2. The number of hydrogen-bond donors (Lipinski definition) is 3. The van der Waals surface area contributed by atoms with E-state index in [0.29, 0.717) is 12.8 Å². The van der Waals surface area contributed by atoms with E-state index in [1.165, 1.54) is 0 Å². The lowest BCUT2D eigenvalue weighted by atomic mass is 9.98. The Hall–Kier alpha value is -1.74. The van der Waals surface area contributed by atoms with Gasteiger partial charge in [-0.2, -0.15) is 0 Å². The lowest BCUT2D eigenvalue weighted by Gasteiger charge is -2.22. The van der Waals surface area contributed by atoms with Crippen LogP contribution in [-0.2, 0) is 23.9 Å². The molecule has 4 N–H and O–H groups in total. The van der Waals surface area contributed by atoms with E-state index in [1.54, 1.807) is 46.8 Å². The van der Waals surface area contributed by atoms with Crippen LogP contribution in [-0.4, -0.2) is 57.9 Å². The molecular weight excluding hydrogens is 486 g/mol. The second-order valence-electron chi connectivity index (χ2n) is 10.7. The van der Waals surface area contributed by atoms with E-state index in [2.05, 4.69) is 13.2 Å². The molecule has 0 saturated heterocycles. The number of hydrogen-bond acceptors (Lipinski definition) is 8. The molecule has 0 heterocycles. The van der Waals surface area contributed by atoms with Crippen molar-refractivity contribution in [3.63, 3.8) is 0 Å². The van der Waals surface area contributed by atoms with E-state index in [9.17, 15) is 19.5 Å². The number of aliphatic hydroxyl groups excluding tert-OH is 2. The van der Waals surface area contributed by atoms with E-state index >= 15 is 0 Å². The second kappa shape index (κ2) is 21.4. The summed E-state index contributed by atoms with van der Waals surface area (Å²) in [6.07, 6.45) is 4.62. The van der Waals surface area contributed by atoms with Crippen molar-refractivity contribution in [2.75, 3.05) is 0 Å². The third-order valence-corrected chi connectivity index (χ3v) is 4.13. The van der Waals surface area contributed by atoms with Crippen molar-refractivity contribution >= 4 is 30.6 Å². The highest BCUT2D eigenvalue weighted by Crippen LogP contribution is 2.16. The van der Waals surface area contributed by atoms with Crippen molar-refractivity contribution in [2.24, 2.45) is 17.6 Å². The van der Waals surface area contributed by atoms with E-state index in [0.717, 1.165) is 6.29 Å². The topological polar surface area (TPSA) is 136 Å². The average Bonchev–Trinajstić information content (AvgIpc) is 2.66. The van der Waals surface area contributed by atoms with Gasteiger partial charge in [0.2, 0.25) is 0 Å². The molecule has 0 saturated carbocycles. The summed E-state index contributed by atoms with van der Waals surface area (Å²) in [5.74, 6) is -0.932. The molecule has 0 aliphatic carbocycles. The molecule has 36 heavy (non-hydrogen) atoms. The Balaban J connectivity index is -0.000000220. The highest BCUT2D eigenvalue weighted by Gasteiger charge is 2.21. The molecule has 0 aliphatic rings. The Kier molecular flexibility index (Phi) is 24.6. The molecule has 0 fully saturated rings. The molecule has 2 unspecified atom stereocenters. The Morgan fingerprint density at radius 1 is 0.833 bits per heavy atom. The molecule has 0 aliphatic heterocycles. The summed E-state index contributed by atoms with van der Waals surface area (Å²) in [6, 6.07) is -0.145. The van der Waals surface area contributed by atoms with Crippen molar-refractivity contribution in [1.82, 2.24) is 0 Å².